The Kier molecular flexibility index (Phi) is 3.41. The van der Waals surface area contributed by atoms with Gasteiger partial charge in [0.25, 0.3) is 5.91 Å². The second-order valence-electron chi connectivity index (χ2n) is 4.50. The Morgan fingerprint density at radius 3 is 2.63 bits per heavy atom. The fourth-order valence-electron chi connectivity index (χ4n) is 1.69. The summed E-state index contributed by atoms with van der Waals surface area (Å²) < 4.78 is 1.70. The highest BCUT2D eigenvalue weighted by Gasteiger charge is 2.10. The number of benzene rings is 1. The van der Waals surface area contributed by atoms with Crippen LogP contribution in [-0.4, -0.2) is 34.7 Å². The fraction of sp³-hybridized carbons (Fsp3) is 0.231. The van der Waals surface area contributed by atoms with Crippen LogP contribution in [0.5, 0.6) is 0 Å². The van der Waals surface area contributed by atoms with Crippen molar-refractivity contribution >= 4 is 23.1 Å². The summed E-state index contributed by atoms with van der Waals surface area (Å²) in [6.45, 7) is 0. The highest BCUT2D eigenvalue weighted by molar-refractivity contribution is 5.96. The van der Waals surface area contributed by atoms with Gasteiger partial charge in [0.15, 0.2) is 5.82 Å². The normalized spacial score (nSPS) is 10.3. The van der Waals surface area contributed by atoms with Gasteiger partial charge in [0.1, 0.15) is 0 Å². The van der Waals surface area contributed by atoms with E-state index < -0.39 is 0 Å². The summed E-state index contributed by atoms with van der Waals surface area (Å²) in [6.07, 6.45) is 1.84. The van der Waals surface area contributed by atoms with Crippen LogP contribution in [-0.2, 0) is 7.05 Å². The Hall–Kier alpha value is -2.50. The molecule has 0 saturated carbocycles. The smallest absolute Gasteiger partial charge is 0.253 e. The molecule has 6 nitrogen and oxygen atoms in total. The number of anilines is 3. The fourth-order valence-corrected chi connectivity index (χ4v) is 1.69. The summed E-state index contributed by atoms with van der Waals surface area (Å²) in [5, 5.41) is 7.31. The molecule has 0 fully saturated rings. The van der Waals surface area contributed by atoms with Crippen molar-refractivity contribution in [2.24, 2.45) is 7.05 Å². The zero-order chi connectivity index (χ0) is 14.0. The summed E-state index contributed by atoms with van der Waals surface area (Å²) in [4.78, 5) is 13.3. The van der Waals surface area contributed by atoms with Crippen molar-refractivity contribution in [3.8, 4) is 0 Å². The summed E-state index contributed by atoms with van der Waals surface area (Å²) in [5.74, 6) is 0.636. The van der Waals surface area contributed by atoms with Gasteiger partial charge in [-0.05, 0) is 18.2 Å². The predicted octanol–water partition coefficient (Wildman–Crippen LogP) is 1.45. The lowest BCUT2D eigenvalue weighted by Crippen LogP contribution is -2.21. The summed E-state index contributed by atoms with van der Waals surface area (Å²) in [7, 11) is 5.25. The number of nitrogens with zero attached hydrogens (tertiary/aromatic N) is 3. The molecule has 1 aromatic carbocycles. The van der Waals surface area contributed by atoms with Gasteiger partial charge in [-0.3, -0.25) is 9.48 Å². The molecule has 6 heteroatoms. The molecule has 100 valence electrons. The van der Waals surface area contributed by atoms with Gasteiger partial charge in [-0.15, -0.1) is 0 Å². The standard InChI is InChI=1S/C13H17N5O/c1-17(2)13(19)9-4-5-11(10(14)8-9)15-12-6-7-18(3)16-12/h4-8H,14H2,1-3H3,(H,15,16). The quantitative estimate of drug-likeness (QED) is 0.818. The van der Waals surface area contributed by atoms with Crippen LogP contribution in [0.1, 0.15) is 10.4 Å². The summed E-state index contributed by atoms with van der Waals surface area (Å²) >= 11 is 0. The molecule has 0 aliphatic heterocycles. The maximum atomic E-state index is 11.8. The van der Waals surface area contributed by atoms with E-state index in [1.165, 1.54) is 4.90 Å². The number of aromatic nitrogens is 2. The SMILES string of the molecule is CN(C)C(=O)c1ccc(Nc2ccn(C)n2)c(N)c1. The average Bonchev–Trinajstić information content (AvgIpc) is 2.76. The van der Waals surface area contributed by atoms with Crippen molar-refractivity contribution in [1.82, 2.24) is 14.7 Å². The predicted molar refractivity (Wildman–Crippen MR) is 75.4 cm³/mol. The zero-order valence-corrected chi connectivity index (χ0v) is 11.2. The lowest BCUT2D eigenvalue weighted by Gasteiger charge is -2.12. The van der Waals surface area contributed by atoms with Crippen LogP contribution in [0.25, 0.3) is 0 Å². The van der Waals surface area contributed by atoms with E-state index in [2.05, 4.69) is 10.4 Å². The molecular formula is C13H17N5O. The lowest BCUT2D eigenvalue weighted by atomic mass is 10.1. The van der Waals surface area contributed by atoms with Crippen LogP contribution < -0.4 is 11.1 Å². The van der Waals surface area contributed by atoms with Gasteiger partial charge < -0.3 is 16.0 Å². The number of amides is 1. The van der Waals surface area contributed by atoms with Crippen LogP contribution in [0.4, 0.5) is 17.2 Å². The van der Waals surface area contributed by atoms with Gasteiger partial charge in [0, 0.05) is 39.0 Å². The molecule has 0 aliphatic carbocycles. The number of hydrogen-bond acceptors (Lipinski definition) is 4. The number of carbonyl (C=O) groups is 1. The monoisotopic (exact) mass is 259 g/mol. The van der Waals surface area contributed by atoms with E-state index in [0.29, 0.717) is 17.1 Å². The van der Waals surface area contributed by atoms with E-state index in [1.807, 2.05) is 19.3 Å². The van der Waals surface area contributed by atoms with Crippen LogP contribution in [0.15, 0.2) is 30.5 Å². The molecule has 19 heavy (non-hydrogen) atoms. The molecule has 0 saturated heterocycles. The summed E-state index contributed by atoms with van der Waals surface area (Å²) in [5.41, 5.74) is 7.75. The van der Waals surface area contributed by atoms with Crippen molar-refractivity contribution in [2.45, 2.75) is 0 Å². The third kappa shape index (κ3) is 2.85. The third-order valence-corrected chi connectivity index (χ3v) is 2.68. The van der Waals surface area contributed by atoms with Gasteiger partial charge in [0.05, 0.1) is 11.4 Å². The molecule has 1 heterocycles. The Bertz CT molecular complexity index is 603. The van der Waals surface area contributed by atoms with Crippen molar-refractivity contribution in [2.75, 3.05) is 25.1 Å². The van der Waals surface area contributed by atoms with Crippen LogP contribution in [0.3, 0.4) is 0 Å². The van der Waals surface area contributed by atoms with E-state index in [-0.39, 0.29) is 5.91 Å². The minimum absolute atomic E-state index is 0.0731. The van der Waals surface area contributed by atoms with Crippen molar-refractivity contribution in [1.29, 1.82) is 0 Å². The van der Waals surface area contributed by atoms with Crippen LogP contribution in [0.2, 0.25) is 0 Å². The number of aryl methyl sites for hydroxylation is 1. The highest BCUT2D eigenvalue weighted by Crippen LogP contribution is 2.23. The maximum absolute atomic E-state index is 11.8. The molecule has 2 aromatic rings. The van der Waals surface area contributed by atoms with Crippen molar-refractivity contribution < 1.29 is 4.79 Å². The van der Waals surface area contributed by atoms with Crippen molar-refractivity contribution in [3.05, 3.63) is 36.0 Å². The topological polar surface area (TPSA) is 76.2 Å². The second-order valence-corrected chi connectivity index (χ2v) is 4.50. The molecule has 2 rings (SSSR count). The van der Waals surface area contributed by atoms with Gasteiger partial charge in [-0.1, -0.05) is 0 Å². The first-order valence-electron chi connectivity index (χ1n) is 5.85. The first-order valence-corrected chi connectivity index (χ1v) is 5.85. The minimum Gasteiger partial charge on any atom is -0.397 e. The summed E-state index contributed by atoms with van der Waals surface area (Å²) in [6, 6.07) is 7.02. The maximum Gasteiger partial charge on any atom is 0.253 e. The lowest BCUT2D eigenvalue weighted by molar-refractivity contribution is 0.0827. The van der Waals surface area contributed by atoms with E-state index in [1.54, 1.807) is 37.0 Å². The average molecular weight is 259 g/mol. The van der Waals surface area contributed by atoms with E-state index in [9.17, 15) is 4.79 Å². The highest BCUT2D eigenvalue weighted by atomic mass is 16.2. The van der Waals surface area contributed by atoms with E-state index >= 15 is 0 Å². The van der Waals surface area contributed by atoms with Crippen LogP contribution in [0, 0.1) is 0 Å². The van der Waals surface area contributed by atoms with Gasteiger partial charge in [-0.25, -0.2) is 0 Å². The minimum atomic E-state index is -0.0731. The first-order chi connectivity index (χ1) is 8.97. The van der Waals surface area contributed by atoms with E-state index in [0.717, 1.165) is 5.69 Å². The number of nitrogens with one attached hydrogen (secondary N) is 1. The molecule has 0 radical (unpaired) electrons. The van der Waals surface area contributed by atoms with E-state index in [4.69, 9.17) is 5.73 Å². The van der Waals surface area contributed by atoms with Gasteiger partial charge in [-0.2, -0.15) is 5.10 Å². The number of carbonyl (C=O) groups excluding carboxylic acids is 1. The molecule has 0 bridgehead atoms. The third-order valence-electron chi connectivity index (χ3n) is 2.68. The molecule has 0 unspecified atom stereocenters. The first kappa shape index (κ1) is 12.9. The number of rotatable bonds is 3. The van der Waals surface area contributed by atoms with Gasteiger partial charge >= 0.3 is 0 Å². The Morgan fingerprint density at radius 1 is 1.37 bits per heavy atom. The molecule has 0 aliphatic rings. The molecule has 1 aromatic heterocycles. The zero-order valence-electron chi connectivity index (χ0n) is 11.2. The van der Waals surface area contributed by atoms with Crippen LogP contribution >= 0.6 is 0 Å². The molecule has 3 N–H and O–H groups in total. The molecule has 1 amide bonds. The van der Waals surface area contributed by atoms with Crippen molar-refractivity contribution in [3.63, 3.8) is 0 Å². The van der Waals surface area contributed by atoms with Gasteiger partial charge in [0.2, 0.25) is 0 Å². The Balaban J connectivity index is 2.22. The number of nitrogens with two attached hydrogens (primary N) is 1. The molecular weight excluding hydrogens is 242 g/mol. The molecule has 0 atom stereocenters. The second kappa shape index (κ2) is 5.01. The Morgan fingerprint density at radius 2 is 2.11 bits per heavy atom. The largest absolute Gasteiger partial charge is 0.397 e. The number of hydrogen-bond donors (Lipinski definition) is 2. The Labute approximate surface area is 111 Å². The molecule has 0 spiro atoms. The number of nitrogen functional groups attached to an aromatic ring is 1.